The summed E-state index contributed by atoms with van der Waals surface area (Å²) in [7, 11) is 0. The van der Waals surface area contributed by atoms with Crippen molar-refractivity contribution in [1.82, 2.24) is 0 Å². The molecule has 0 aromatic heterocycles. The second-order valence-corrected chi connectivity index (χ2v) is 8.52. The third-order valence-corrected chi connectivity index (χ3v) is 6.24. The SMILES string of the molecule is O=C(CCC(=O)N1CCSc2ccccc21)Nc1ccc(OCC2CCCO2)cc1. The van der Waals surface area contributed by atoms with Crippen LogP contribution in [0.4, 0.5) is 11.4 Å². The lowest BCUT2D eigenvalue weighted by Crippen LogP contribution is -2.35. The zero-order chi connectivity index (χ0) is 20.8. The quantitative estimate of drug-likeness (QED) is 0.722. The molecule has 2 amide bonds. The average molecular weight is 427 g/mol. The van der Waals surface area contributed by atoms with Gasteiger partial charge in [-0.2, -0.15) is 0 Å². The molecule has 1 atom stereocenters. The topological polar surface area (TPSA) is 67.9 Å². The zero-order valence-corrected chi connectivity index (χ0v) is 17.7. The zero-order valence-electron chi connectivity index (χ0n) is 16.8. The fourth-order valence-corrected chi connectivity index (χ4v) is 4.60. The van der Waals surface area contributed by atoms with Gasteiger partial charge in [-0.05, 0) is 49.2 Å². The summed E-state index contributed by atoms with van der Waals surface area (Å²) < 4.78 is 11.3. The van der Waals surface area contributed by atoms with Crippen LogP contribution in [0.2, 0.25) is 0 Å². The van der Waals surface area contributed by atoms with E-state index in [1.165, 1.54) is 0 Å². The smallest absolute Gasteiger partial charge is 0.227 e. The molecule has 7 heteroatoms. The highest BCUT2D eigenvalue weighted by Gasteiger charge is 2.23. The molecule has 2 aliphatic rings. The molecule has 2 heterocycles. The number of ether oxygens (including phenoxy) is 2. The Bertz CT molecular complexity index is 881. The first-order valence-corrected chi connectivity index (χ1v) is 11.3. The summed E-state index contributed by atoms with van der Waals surface area (Å²) in [6.07, 6.45) is 2.64. The number of carbonyl (C=O) groups excluding carboxylic acids is 2. The fourth-order valence-electron chi connectivity index (χ4n) is 3.61. The van der Waals surface area contributed by atoms with Crippen LogP contribution in [-0.4, -0.2) is 43.4 Å². The van der Waals surface area contributed by atoms with Gasteiger partial charge in [-0.15, -0.1) is 11.8 Å². The van der Waals surface area contributed by atoms with Crippen molar-refractivity contribution in [3.8, 4) is 5.75 Å². The molecule has 0 radical (unpaired) electrons. The van der Waals surface area contributed by atoms with Gasteiger partial charge in [0.05, 0.1) is 11.8 Å². The molecule has 2 aliphatic heterocycles. The molecule has 0 bridgehead atoms. The van der Waals surface area contributed by atoms with Crippen molar-refractivity contribution >= 4 is 35.0 Å². The van der Waals surface area contributed by atoms with E-state index >= 15 is 0 Å². The van der Waals surface area contributed by atoms with E-state index in [0.717, 1.165) is 41.5 Å². The summed E-state index contributed by atoms with van der Waals surface area (Å²) in [5.41, 5.74) is 1.63. The maximum absolute atomic E-state index is 12.7. The van der Waals surface area contributed by atoms with Crippen LogP contribution in [0.25, 0.3) is 0 Å². The number of para-hydroxylation sites is 1. The lowest BCUT2D eigenvalue weighted by Gasteiger charge is -2.29. The monoisotopic (exact) mass is 426 g/mol. The molecule has 0 aliphatic carbocycles. The molecule has 0 spiro atoms. The summed E-state index contributed by atoms with van der Waals surface area (Å²) in [5, 5.41) is 2.85. The highest BCUT2D eigenvalue weighted by atomic mass is 32.2. The number of carbonyl (C=O) groups is 2. The Hall–Kier alpha value is -2.51. The van der Waals surface area contributed by atoms with Gasteiger partial charge in [-0.25, -0.2) is 0 Å². The molecule has 1 N–H and O–H groups in total. The standard InChI is InChI=1S/C23H26N2O4S/c26-22(11-12-23(27)25-13-15-30-21-6-2-1-5-20(21)25)24-17-7-9-18(10-8-17)29-16-19-4-3-14-28-19/h1-2,5-10,19H,3-4,11-16H2,(H,24,26). The summed E-state index contributed by atoms with van der Waals surface area (Å²) in [6.45, 7) is 2.03. The number of nitrogens with one attached hydrogen (secondary N) is 1. The number of benzene rings is 2. The van der Waals surface area contributed by atoms with E-state index in [-0.39, 0.29) is 30.8 Å². The van der Waals surface area contributed by atoms with E-state index in [2.05, 4.69) is 5.32 Å². The minimum absolute atomic E-state index is 0.0178. The van der Waals surface area contributed by atoms with Crippen LogP contribution in [0.15, 0.2) is 53.4 Å². The molecule has 0 saturated carbocycles. The molecule has 6 nitrogen and oxygen atoms in total. The highest BCUT2D eigenvalue weighted by molar-refractivity contribution is 7.99. The predicted octanol–water partition coefficient (Wildman–Crippen LogP) is 4.10. The maximum Gasteiger partial charge on any atom is 0.227 e. The molecule has 2 aromatic rings. The maximum atomic E-state index is 12.7. The Morgan fingerprint density at radius 2 is 1.97 bits per heavy atom. The molecule has 4 rings (SSSR count). The van der Waals surface area contributed by atoms with Crippen molar-refractivity contribution in [2.75, 3.05) is 35.7 Å². The number of hydrogen-bond acceptors (Lipinski definition) is 5. The molecule has 158 valence electrons. The first-order valence-electron chi connectivity index (χ1n) is 10.4. The number of rotatable bonds is 7. The molecular weight excluding hydrogens is 400 g/mol. The van der Waals surface area contributed by atoms with Crippen LogP contribution in [0.3, 0.4) is 0 Å². The fraction of sp³-hybridized carbons (Fsp3) is 0.391. The van der Waals surface area contributed by atoms with Gasteiger partial charge in [-0.1, -0.05) is 12.1 Å². The van der Waals surface area contributed by atoms with Crippen LogP contribution in [0.5, 0.6) is 5.75 Å². The lowest BCUT2D eigenvalue weighted by atomic mass is 10.2. The van der Waals surface area contributed by atoms with E-state index in [4.69, 9.17) is 9.47 Å². The Morgan fingerprint density at radius 1 is 1.13 bits per heavy atom. The highest BCUT2D eigenvalue weighted by Crippen LogP contribution is 2.34. The van der Waals surface area contributed by atoms with Crippen LogP contribution in [-0.2, 0) is 14.3 Å². The second kappa shape index (κ2) is 10.00. The van der Waals surface area contributed by atoms with Gasteiger partial charge in [0.1, 0.15) is 12.4 Å². The minimum Gasteiger partial charge on any atom is -0.491 e. The van der Waals surface area contributed by atoms with E-state index in [1.54, 1.807) is 16.7 Å². The summed E-state index contributed by atoms with van der Waals surface area (Å²) in [6, 6.07) is 15.2. The second-order valence-electron chi connectivity index (χ2n) is 7.38. The molecule has 1 unspecified atom stereocenters. The van der Waals surface area contributed by atoms with Gasteiger partial charge in [0.25, 0.3) is 0 Å². The summed E-state index contributed by atoms with van der Waals surface area (Å²) >= 11 is 1.76. The Labute approximate surface area is 180 Å². The molecular formula is C23H26N2O4S. The number of hydrogen-bond donors (Lipinski definition) is 1. The number of nitrogens with zero attached hydrogens (tertiary/aromatic N) is 1. The van der Waals surface area contributed by atoms with Crippen LogP contribution in [0.1, 0.15) is 25.7 Å². The van der Waals surface area contributed by atoms with Gasteiger partial charge in [0.2, 0.25) is 11.8 Å². The average Bonchev–Trinajstić information content (AvgIpc) is 3.30. The predicted molar refractivity (Wildman–Crippen MR) is 118 cm³/mol. The number of thioether (sulfide) groups is 1. The van der Waals surface area contributed by atoms with Crippen molar-refractivity contribution in [3.63, 3.8) is 0 Å². The molecule has 1 saturated heterocycles. The Balaban J connectivity index is 1.23. The third-order valence-electron chi connectivity index (χ3n) is 5.19. The number of amides is 2. The Kier molecular flexibility index (Phi) is 6.92. The van der Waals surface area contributed by atoms with Crippen molar-refractivity contribution < 1.29 is 19.1 Å². The first-order chi connectivity index (χ1) is 14.7. The van der Waals surface area contributed by atoms with Crippen molar-refractivity contribution in [1.29, 1.82) is 0 Å². The lowest BCUT2D eigenvalue weighted by molar-refractivity contribution is -0.122. The van der Waals surface area contributed by atoms with Crippen molar-refractivity contribution in [2.45, 2.75) is 36.7 Å². The number of fused-ring (bicyclic) bond motifs is 1. The largest absolute Gasteiger partial charge is 0.491 e. The van der Waals surface area contributed by atoms with E-state index in [1.807, 2.05) is 48.5 Å². The van der Waals surface area contributed by atoms with E-state index in [0.29, 0.717) is 18.8 Å². The molecule has 30 heavy (non-hydrogen) atoms. The summed E-state index contributed by atoms with van der Waals surface area (Å²) in [5.74, 6) is 1.43. The van der Waals surface area contributed by atoms with Gasteiger partial charge < -0.3 is 19.7 Å². The third kappa shape index (κ3) is 5.34. The molecule has 2 aromatic carbocycles. The Morgan fingerprint density at radius 3 is 2.77 bits per heavy atom. The van der Waals surface area contributed by atoms with Gasteiger partial charge in [-0.3, -0.25) is 9.59 Å². The van der Waals surface area contributed by atoms with Crippen molar-refractivity contribution in [3.05, 3.63) is 48.5 Å². The van der Waals surface area contributed by atoms with Gasteiger partial charge >= 0.3 is 0 Å². The van der Waals surface area contributed by atoms with E-state index < -0.39 is 0 Å². The normalized spacial score (nSPS) is 18.0. The van der Waals surface area contributed by atoms with Crippen molar-refractivity contribution in [2.24, 2.45) is 0 Å². The van der Waals surface area contributed by atoms with Gasteiger partial charge in [0, 0.05) is 42.3 Å². The van der Waals surface area contributed by atoms with E-state index in [9.17, 15) is 9.59 Å². The van der Waals surface area contributed by atoms with Crippen LogP contribution in [0, 0.1) is 0 Å². The first kappa shape index (κ1) is 20.8. The molecule has 1 fully saturated rings. The minimum atomic E-state index is -0.170. The van der Waals surface area contributed by atoms with Gasteiger partial charge in [0.15, 0.2) is 0 Å². The van der Waals surface area contributed by atoms with Crippen LogP contribution < -0.4 is 15.0 Å². The number of anilines is 2. The van der Waals surface area contributed by atoms with Crippen LogP contribution >= 0.6 is 11.8 Å². The summed E-state index contributed by atoms with van der Waals surface area (Å²) in [4.78, 5) is 27.9.